The van der Waals surface area contributed by atoms with Crippen LogP contribution in [0, 0.1) is 6.92 Å². The molecular formula is C9H12N2O. The number of anilines is 1. The first-order valence-corrected chi connectivity index (χ1v) is 3.67. The third-order valence-electron chi connectivity index (χ3n) is 1.45. The van der Waals surface area contributed by atoms with E-state index in [1.54, 1.807) is 13.3 Å². The lowest BCUT2D eigenvalue weighted by Crippen LogP contribution is -1.96. The standard InChI is InChI=1S/C9H12N2O/c1-4-10-8-6-5-7(2)11-9(8)12-3/h4-6,10H,1H2,2-3H3. The van der Waals surface area contributed by atoms with Crippen LogP contribution in [0.3, 0.4) is 0 Å². The average molecular weight is 164 g/mol. The summed E-state index contributed by atoms with van der Waals surface area (Å²) in [7, 11) is 1.59. The van der Waals surface area contributed by atoms with Gasteiger partial charge in [-0.15, -0.1) is 0 Å². The molecule has 1 aromatic heterocycles. The van der Waals surface area contributed by atoms with Gasteiger partial charge in [-0.25, -0.2) is 4.98 Å². The minimum absolute atomic E-state index is 0.593. The van der Waals surface area contributed by atoms with Gasteiger partial charge in [0.2, 0.25) is 5.88 Å². The zero-order chi connectivity index (χ0) is 8.97. The first kappa shape index (κ1) is 8.59. The second-order valence-corrected chi connectivity index (χ2v) is 2.36. The van der Waals surface area contributed by atoms with Crippen LogP contribution in [0.1, 0.15) is 5.69 Å². The minimum Gasteiger partial charge on any atom is -0.480 e. The maximum absolute atomic E-state index is 5.06. The van der Waals surface area contributed by atoms with Crippen molar-refractivity contribution in [3.8, 4) is 5.88 Å². The number of nitrogens with one attached hydrogen (secondary N) is 1. The summed E-state index contributed by atoms with van der Waals surface area (Å²) in [4.78, 5) is 4.18. The zero-order valence-corrected chi connectivity index (χ0v) is 7.29. The molecule has 0 aromatic carbocycles. The van der Waals surface area contributed by atoms with Gasteiger partial charge in [-0.2, -0.15) is 0 Å². The normalized spacial score (nSPS) is 9.17. The van der Waals surface area contributed by atoms with Crippen molar-refractivity contribution in [2.75, 3.05) is 12.4 Å². The van der Waals surface area contributed by atoms with E-state index in [0.717, 1.165) is 11.4 Å². The zero-order valence-electron chi connectivity index (χ0n) is 7.29. The highest BCUT2D eigenvalue weighted by Crippen LogP contribution is 2.20. The van der Waals surface area contributed by atoms with E-state index in [-0.39, 0.29) is 0 Å². The van der Waals surface area contributed by atoms with Crippen molar-refractivity contribution in [3.05, 3.63) is 30.6 Å². The molecule has 3 nitrogen and oxygen atoms in total. The molecule has 0 saturated heterocycles. The van der Waals surface area contributed by atoms with E-state index >= 15 is 0 Å². The lowest BCUT2D eigenvalue weighted by atomic mass is 10.3. The molecule has 0 unspecified atom stereocenters. The van der Waals surface area contributed by atoms with E-state index < -0.39 is 0 Å². The predicted molar refractivity (Wildman–Crippen MR) is 49.3 cm³/mol. The van der Waals surface area contributed by atoms with E-state index in [1.165, 1.54) is 0 Å². The van der Waals surface area contributed by atoms with Crippen molar-refractivity contribution in [3.63, 3.8) is 0 Å². The summed E-state index contributed by atoms with van der Waals surface area (Å²) in [5.41, 5.74) is 1.76. The molecular weight excluding hydrogens is 152 g/mol. The van der Waals surface area contributed by atoms with Crippen LogP contribution in [-0.2, 0) is 0 Å². The topological polar surface area (TPSA) is 34.2 Å². The van der Waals surface area contributed by atoms with Gasteiger partial charge in [0, 0.05) is 5.69 Å². The van der Waals surface area contributed by atoms with E-state index in [2.05, 4.69) is 16.9 Å². The summed E-state index contributed by atoms with van der Waals surface area (Å²) in [6.45, 7) is 5.48. The Morgan fingerprint density at radius 1 is 1.58 bits per heavy atom. The van der Waals surface area contributed by atoms with Crippen LogP contribution in [0.5, 0.6) is 5.88 Å². The van der Waals surface area contributed by atoms with Crippen LogP contribution < -0.4 is 10.1 Å². The second kappa shape index (κ2) is 3.76. The Kier molecular flexibility index (Phi) is 2.69. The number of ether oxygens (including phenoxy) is 1. The Morgan fingerprint density at radius 2 is 2.33 bits per heavy atom. The van der Waals surface area contributed by atoms with Crippen LogP contribution in [0.4, 0.5) is 5.69 Å². The predicted octanol–water partition coefficient (Wildman–Crippen LogP) is 1.95. The molecule has 0 aliphatic heterocycles. The van der Waals surface area contributed by atoms with Crippen LogP contribution in [0.25, 0.3) is 0 Å². The first-order valence-electron chi connectivity index (χ1n) is 3.67. The molecule has 1 heterocycles. The van der Waals surface area contributed by atoms with Gasteiger partial charge in [-0.3, -0.25) is 0 Å². The summed E-state index contributed by atoms with van der Waals surface area (Å²) in [6, 6.07) is 3.82. The van der Waals surface area contributed by atoms with Gasteiger partial charge < -0.3 is 10.1 Å². The largest absolute Gasteiger partial charge is 0.480 e. The van der Waals surface area contributed by atoms with Gasteiger partial charge in [0.05, 0.1) is 7.11 Å². The highest BCUT2D eigenvalue weighted by Gasteiger charge is 2.01. The Bertz CT molecular complexity index is 284. The molecule has 0 aliphatic carbocycles. The Balaban J connectivity index is 3.01. The van der Waals surface area contributed by atoms with Crippen LogP contribution in [0.2, 0.25) is 0 Å². The number of hydrogen-bond acceptors (Lipinski definition) is 3. The fourth-order valence-electron chi connectivity index (χ4n) is 0.908. The summed E-state index contributed by atoms with van der Waals surface area (Å²) in [5.74, 6) is 0.593. The van der Waals surface area contributed by atoms with E-state index in [4.69, 9.17) is 4.74 Å². The molecule has 0 radical (unpaired) electrons. The monoisotopic (exact) mass is 164 g/mol. The molecule has 3 heteroatoms. The molecule has 0 bridgehead atoms. The highest BCUT2D eigenvalue weighted by molar-refractivity contribution is 5.54. The maximum Gasteiger partial charge on any atom is 0.237 e. The molecule has 64 valence electrons. The minimum atomic E-state index is 0.593. The number of aromatic nitrogens is 1. The lowest BCUT2D eigenvalue weighted by molar-refractivity contribution is 0.399. The van der Waals surface area contributed by atoms with Crippen LogP contribution in [-0.4, -0.2) is 12.1 Å². The SMILES string of the molecule is C=CNc1ccc(C)nc1OC. The van der Waals surface area contributed by atoms with Crippen LogP contribution in [0.15, 0.2) is 24.9 Å². The van der Waals surface area contributed by atoms with Crippen molar-refractivity contribution in [2.24, 2.45) is 0 Å². The fourth-order valence-corrected chi connectivity index (χ4v) is 0.908. The van der Waals surface area contributed by atoms with Crippen molar-refractivity contribution in [1.82, 2.24) is 4.98 Å². The Hall–Kier alpha value is -1.51. The molecule has 0 fully saturated rings. The lowest BCUT2D eigenvalue weighted by Gasteiger charge is -2.06. The van der Waals surface area contributed by atoms with Gasteiger partial charge in [0.25, 0.3) is 0 Å². The van der Waals surface area contributed by atoms with Gasteiger partial charge >= 0.3 is 0 Å². The molecule has 0 amide bonds. The Morgan fingerprint density at radius 3 is 2.92 bits per heavy atom. The molecule has 1 aromatic rings. The molecule has 12 heavy (non-hydrogen) atoms. The molecule has 0 aliphatic rings. The number of aryl methyl sites for hydroxylation is 1. The summed E-state index contributed by atoms with van der Waals surface area (Å²) < 4.78 is 5.06. The van der Waals surface area contributed by atoms with Crippen molar-refractivity contribution >= 4 is 5.69 Å². The van der Waals surface area contributed by atoms with Gasteiger partial charge in [-0.05, 0) is 25.3 Å². The van der Waals surface area contributed by atoms with Crippen molar-refractivity contribution < 1.29 is 4.74 Å². The maximum atomic E-state index is 5.06. The van der Waals surface area contributed by atoms with Gasteiger partial charge in [-0.1, -0.05) is 6.58 Å². The van der Waals surface area contributed by atoms with Gasteiger partial charge in [0.15, 0.2) is 0 Å². The molecule has 1 N–H and O–H groups in total. The summed E-state index contributed by atoms with van der Waals surface area (Å²) in [6.07, 6.45) is 1.59. The molecule has 1 rings (SSSR count). The van der Waals surface area contributed by atoms with Crippen molar-refractivity contribution in [1.29, 1.82) is 0 Å². The van der Waals surface area contributed by atoms with Gasteiger partial charge in [0.1, 0.15) is 5.69 Å². The quantitative estimate of drug-likeness (QED) is 0.741. The molecule has 0 spiro atoms. The fraction of sp³-hybridized carbons (Fsp3) is 0.222. The highest BCUT2D eigenvalue weighted by atomic mass is 16.5. The second-order valence-electron chi connectivity index (χ2n) is 2.36. The van der Waals surface area contributed by atoms with Crippen LogP contribution >= 0.6 is 0 Å². The average Bonchev–Trinajstić information content (AvgIpc) is 2.08. The van der Waals surface area contributed by atoms with E-state index in [1.807, 2.05) is 19.1 Å². The number of methoxy groups -OCH3 is 1. The molecule has 0 saturated carbocycles. The number of rotatable bonds is 3. The smallest absolute Gasteiger partial charge is 0.237 e. The van der Waals surface area contributed by atoms with E-state index in [9.17, 15) is 0 Å². The summed E-state index contributed by atoms with van der Waals surface area (Å²) >= 11 is 0. The van der Waals surface area contributed by atoms with Crippen molar-refractivity contribution in [2.45, 2.75) is 6.92 Å². The molecule has 0 atom stereocenters. The Labute approximate surface area is 72.1 Å². The summed E-state index contributed by atoms with van der Waals surface area (Å²) in [5, 5.41) is 2.93. The number of hydrogen-bond donors (Lipinski definition) is 1. The number of pyridine rings is 1. The first-order chi connectivity index (χ1) is 5.77. The number of nitrogens with zero attached hydrogens (tertiary/aromatic N) is 1. The third-order valence-corrected chi connectivity index (χ3v) is 1.45. The third kappa shape index (κ3) is 1.75. The van der Waals surface area contributed by atoms with E-state index in [0.29, 0.717) is 5.88 Å².